The molecule has 0 aromatic carbocycles. The van der Waals surface area contributed by atoms with Crippen LogP contribution in [0.1, 0.15) is 12.8 Å². The summed E-state index contributed by atoms with van der Waals surface area (Å²) < 4.78 is 0. The Morgan fingerprint density at radius 1 is 1.15 bits per heavy atom. The zero-order chi connectivity index (χ0) is 8.84. The highest BCUT2D eigenvalue weighted by Crippen LogP contribution is 2.41. The smallest absolute Gasteiger partial charge is 0.315 e. The van der Waals surface area contributed by atoms with Crippen molar-refractivity contribution in [2.75, 3.05) is 13.1 Å². The van der Waals surface area contributed by atoms with Crippen LogP contribution >= 0.6 is 0 Å². The number of fused-ring (bicyclic) bond motifs is 1. The number of amides is 2. The molecule has 4 heteroatoms. The third kappa shape index (κ3) is 1.39. The maximum Gasteiger partial charge on any atom is 0.315 e. The molecule has 1 aliphatic heterocycles. The lowest BCUT2D eigenvalue weighted by atomic mass is 10.4. The van der Waals surface area contributed by atoms with Gasteiger partial charge >= 0.3 is 6.03 Å². The zero-order valence-electron chi connectivity index (χ0n) is 7.55. The Kier molecular flexibility index (Phi) is 1.53. The van der Waals surface area contributed by atoms with Crippen molar-refractivity contribution >= 4 is 6.03 Å². The second-order valence-electron chi connectivity index (χ2n) is 4.40. The van der Waals surface area contributed by atoms with Gasteiger partial charge in [-0.25, -0.2) is 4.79 Å². The molecule has 3 fully saturated rings. The Hall–Kier alpha value is -0.770. The van der Waals surface area contributed by atoms with Crippen molar-refractivity contribution < 1.29 is 4.79 Å². The van der Waals surface area contributed by atoms with Gasteiger partial charge in [-0.15, -0.1) is 0 Å². The molecular formula is C9H15N3O. The molecule has 2 amide bonds. The number of carbonyl (C=O) groups is 1. The van der Waals surface area contributed by atoms with Crippen molar-refractivity contribution in [3.63, 3.8) is 0 Å². The van der Waals surface area contributed by atoms with E-state index in [1.807, 2.05) is 0 Å². The van der Waals surface area contributed by atoms with Crippen molar-refractivity contribution in [1.29, 1.82) is 0 Å². The first kappa shape index (κ1) is 7.62. The summed E-state index contributed by atoms with van der Waals surface area (Å²) in [6.07, 6.45) is 2.32. The average Bonchev–Trinajstić information content (AvgIpc) is 2.97. The van der Waals surface area contributed by atoms with Gasteiger partial charge in [0, 0.05) is 25.2 Å². The highest BCUT2D eigenvalue weighted by Gasteiger charge is 2.53. The molecule has 0 spiro atoms. The molecule has 2 atom stereocenters. The molecule has 0 radical (unpaired) electrons. The Morgan fingerprint density at radius 2 is 1.85 bits per heavy atom. The van der Waals surface area contributed by atoms with Gasteiger partial charge in [-0.2, -0.15) is 0 Å². The molecule has 13 heavy (non-hydrogen) atoms. The zero-order valence-corrected chi connectivity index (χ0v) is 7.55. The van der Waals surface area contributed by atoms with Crippen molar-refractivity contribution in [2.45, 2.75) is 24.9 Å². The summed E-state index contributed by atoms with van der Waals surface area (Å²) in [5.41, 5.74) is 0. The molecule has 4 nitrogen and oxygen atoms in total. The lowest BCUT2D eigenvalue weighted by Gasteiger charge is -2.08. The van der Waals surface area contributed by atoms with Crippen LogP contribution in [0.25, 0.3) is 0 Å². The monoisotopic (exact) mass is 181 g/mol. The van der Waals surface area contributed by atoms with E-state index in [4.69, 9.17) is 0 Å². The molecule has 0 aromatic heterocycles. The minimum Gasteiger partial charge on any atom is -0.335 e. The third-order valence-electron chi connectivity index (χ3n) is 3.30. The molecule has 2 aliphatic carbocycles. The molecule has 2 saturated carbocycles. The molecule has 0 bridgehead atoms. The van der Waals surface area contributed by atoms with Gasteiger partial charge < -0.3 is 16.0 Å². The van der Waals surface area contributed by atoms with E-state index >= 15 is 0 Å². The van der Waals surface area contributed by atoms with Gasteiger partial charge in [0.1, 0.15) is 0 Å². The number of rotatable bonds is 2. The Labute approximate surface area is 77.5 Å². The molecule has 0 aromatic rings. The first-order valence-electron chi connectivity index (χ1n) is 5.12. The van der Waals surface area contributed by atoms with E-state index in [0.717, 1.165) is 25.9 Å². The van der Waals surface area contributed by atoms with Crippen LogP contribution in [0.2, 0.25) is 0 Å². The summed E-state index contributed by atoms with van der Waals surface area (Å²) in [5, 5.41) is 9.29. The summed E-state index contributed by atoms with van der Waals surface area (Å²) >= 11 is 0. The normalized spacial score (nSPS) is 41.1. The topological polar surface area (TPSA) is 53.2 Å². The molecule has 3 N–H and O–H groups in total. The minimum atomic E-state index is 0.0434. The van der Waals surface area contributed by atoms with Crippen LogP contribution in [-0.4, -0.2) is 31.2 Å². The molecule has 3 aliphatic rings. The van der Waals surface area contributed by atoms with Gasteiger partial charge in [0.15, 0.2) is 0 Å². The van der Waals surface area contributed by atoms with Crippen LogP contribution in [0, 0.1) is 11.8 Å². The fourth-order valence-corrected chi connectivity index (χ4v) is 2.24. The van der Waals surface area contributed by atoms with E-state index in [-0.39, 0.29) is 6.03 Å². The Balaban J connectivity index is 1.45. The largest absolute Gasteiger partial charge is 0.335 e. The number of urea groups is 1. The molecule has 2 unspecified atom stereocenters. The van der Waals surface area contributed by atoms with E-state index in [1.165, 1.54) is 0 Å². The number of carbonyl (C=O) groups excluding carboxylic acids is 1. The summed E-state index contributed by atoms with van der Waals surface area (Å²) in [6, 6.07) is 0.971. The van der Waals surface area contributed by atoms with Crippen LogP contribution in [-0.2, 0) is 0 Å². The van der Waals surface area contributed by atoms with Crippen molar-refractivity contribution in [1.82, 2.24) is 16.0 Å². The van der Waals surface area contributed by atoms with Crippen LogP contribution in [0.4, 0.5) is 4.79 Å². The quantitative estimate of drug-likeness (QED) is 0.546. The van der Waals surface area contributed by atoms with Gasteiger partial charge in [-0.3, -0.25) is 0 Å². The van der Waals surface area contributed by atoms with E-state index in [1.54, 1.807) is 0 Å². The lowest BCUT2D eigenvalue weighted by molar-refractivity contribution is 0.239. The summed E-state index contributed by atoms with van der Waals surface area (Å²) in [6.45, 7) is 2.16. The van der Waals surface area contributed by atoms with E-state index in [9.17, 15) is 4.79 Å². The second kappa shape index (κ2) is 2.61. The van der Waals surface area contributed by atoms with Crippen LogP contribution in [0.3, 0.4) is 0 Å². The minimum absolute atomic E-state index is 0.0434. The SMILES string of the molecule is O=C(NC1CC1)NC1C2CNCC21. The van der Waals surface area contributed by atoms with Gasteiger partial charge in [-0.1, -0.05) is 0 Å². The van der Waals surface area contributed by atoms with Crippen molar-refractivity contribution in [3.8, 4) is 0 Å². The number of nitrogens with one attached hydrogen (secondary N) is 3. The molecule has 1 heterocycles. The predicted molar refractivity (Wildman–Crippen MR) is 48.3 cm³/mol. The molecular weight excluding hydrogens is 166 g/mol. The highest BCUT2D eigenvalue weighted by molar-refractivity contribution is 5.75. The average molecular weight is 181 g/mol. The summed E-state index contributed by atoms with van der Waals surface area (Å²) in [5.74, 6) is 1.43. The second-order valence-corrected chi connectivity index (χ2v) is 4.40. The number of piperidine rings is 1. The number of hydrogen-bond donors (Lipinski definition) is 3. The first-order chi connectivity index (χ1) is 6.34. The van der Waals surface area contributed by atoms with Crippen molar-refractivity contribution in [3.05, 3.63) is 0 Å². The Bertz CT molecular complexity index is 229. The van der Waals surface area contributed by atoms with Crippen LogP contribution in [0.15, 0.2) is 0 Å². The third-order valence-corrected chi connectivity index (χ3v) is 3.30. The van der Waals surface area contributed by atoms with Crippen molar-refractivity contribution in [2.24, 2.45) is 11.8 Å². The van der Waals surface area contributed by atoms with Gasteiger partial charge in [0.25, 0.3) is 0 Å². The maximum atomic E-state index is 11.3. The van der Waals surface area contributed by atoms with Crippen LogP contribution < -0.4 is 16.0 Å². The predicted octanol–water partition coefficient (Wildman–Crippen LogP) is -0.334. The fraction of sp³-hybridized carbons (Fsp3) is 0.889. The highest BCUT2D eigenvalue weighted by atomic mass is 16.2. The van der Waals surface area contributed by atoms with Gasteiger partial charge in [0.2, 0.25) is 0 Å². The first-order valence-corrected chi connectivity index (χ1v) is 5.12. The summed E-state index contributed by atoms with van der Waals surface area (Å²) in [7, 11) is 0. The number of hydrogen-bond acceptors (Lipinski definition) is 2. The van der Waals surface area contributed by atoms with Gasteiger partial charge in [0.05, 0.1) is 0 Å². The van der Waals surface area contributed by atoms with E-state index in [0.29, 0.717) is 23.9 Å². The summed E-state index contributed by atoms with van der Waals surface area (Å²) in [4.78, 5) is 11.3. The lowest BCUT2D eigenvalue weighted by Crippen LogP contribution is -2.40. The van der Waals surface area contributed by atoms with Gasteiger partial charge in [-0.05, 0) is 24.7 Å². The molecule has 3 rings (SSSR count). The van der Waals surface area contributed by atoms with E-state index < -0.39 is 0 Å². The standard InChI is InChI=1S/C9H15N3O/c13-9(11-5-1-2-5)12-8-6-3-10-4-7(6)8/h5-8,10H,1-4H2,(H2,11,12,13). The van der Waals surface area contributed by atoms with Crippen LogP contribution in [0.5, 0.6) is 0 Å². The van der Waals surface area contributed by atoms with E-state index in [2.05, 4.69) is 16.0 Å². The molecule has 1 saturated heterocycles. The maximum absolute atomic E-state index is 11.3. The Morgan fingerprint density at radius 3 is 2.46 bits per heavy atom. The molecule has 72 valence electrons. The fourth-order valence-electron chi connectivity index (χ4n) is 2.24.